The van der Waals surface area contributed by atoms with Crippen LogP contribution in [0.1, 0.15) is 6.92 Å². The van der Waals surface area contributed by atoms with Gasteiger partial charge in [-0.05, 0) is 102 Å². The molecule has 0 aliphatic heterocycles. The molecular formula is C32H23N3S2. The Morgan fingerprint density at radius 3 is 1.32 bits per heavy atom. The summed E-state index contributed by atoms with van der Waals surface area (Å²) in [7, 11) is 0. The molecule has 5 heterocycles. The summed E-state index contributed by atoms with van der Waals surface area (Å²) in [5, 5.41) is 2.61. The second-order valence-corrected chi connectivity index (χ2v) is 11.2. The zero-order chi connectivity index (χ0) is 24.8. The van der Waals surface area contributed by atoms with Gasteiger partial charge in [0.05, 0.1) is 0 Å². The Kier molecular flexibility index (Phi) is 5.46. The fraction of sp³-hybridized carbons (Fsp3) is 0.0625. The highest BCUT2D eigenvalue weighted by Gasteiger charge is 2.14. The highest BCUT2D eigenvalue weighted by Crippen LogP contribution is 2.40. The van der Waals surface area contributed by atoms with Gasteiger partial charge in [-0.1, -0.05) is 12.1 Å². The van der Waals surface area contributed by atoms with Crippen molar-refractivity contribution >= 4 is 44.5 Å². The summed E-state index contributed by atoms with van der Waals surface area (Å²) < 4.78 is 2.42. The zero-order valence-electron chi connectivity index (χ0n) is 20.3. The summed E-state index contributed by atoms with van der Waals surface area (Å²) in [6.07, 6.45) is 7.41. The van der Waals surface area contributed by atoms with Crippen LogP contribution in [-0.4, -0.2) is 14.5 Å². The zero-order valence-corrected chi connectivity index (χ0v) is 21.9. The Bertz CT molecular complexity index is 1730. The molecule has 2 aromatic carbocycles. The minimum absolute atomic E-state index is 0.940. The minimum atomic E-state index is 0.940. The van der Waals surface area contributed by atoms with E-state index in [9.17, 15) is 0 Å². The third-order valence-electron chi connectivity index (χ3n) is 6.89. The Labute approximate surface area is 223 Å². The molecule has 7 rings (SSSR count). The number of rotatable bonds is 5. The van der Waals surface area contributed by atoms with Crippen LogP contribution in [0.3, 0.4) is 0 Å². The van der Waals surface area contributed by atoms with Crippen LogP contribution in [0.25, 0.3) is 63.6 Å². The van der Waals surface area contributed by atoms with Gasteiger partial charge in [-0.2, -0.15) is 0 Å². The number of hydrogen-bond acceptors (Lipinski definition) is 4. The first kappa shape index (κ1) is 22.2. The molecule has 3 nitrogen and oxygen atoms in total. The molecule has 5 aromatic heterocycles. The first-order chi connectivity index (χ1) is 18.3. The molecule has 37 heavy (non-hydrogen) atoms. The van der Waals surface area contributed by atoms with Crippen molar-refractivity contribution in [2.45, 2.75) is 13.5 Å². The second kappa shape index (κ2) is 9.11. The lowest BCUT2D eigenvalue weighted by Crippen LogP contribution is -1.92. The number of thiophene rings is 2. The van der Waals surface area contributed by atoms with Crippen molar-refractivity contribution in [3.63, 3.8) is 0 Å². The highest BCUT2D eigenvalue weighted by atomic mass is 32.1. The van der Waals surface area contributed by atoms with Crippen molar-refractivity contribution in [2.75, 3.05) is 0 Å². The van der Waals surface area contributed by atoms with Crippen LogP contribution < -0.4 is 0 Å². The summed E-state index contributed by atoms with van der Waals surface area (Å²) >= 11 is 3.66. The Balaban J connectivity index is 1.33. The number of aryl methyl sites for hydroxylation is 1. The van der Waals surface area contributed by atoms with Crippen molar-refractivity contribution < 1.29 is 0 Å². The highest BCUT2D eigenvalue weighted by molar-refractivity contribution is 7.19. The molecule has 0 saturated heterocycles. The van der Waals surface area contributed by atoms with Crippen molar-refractivity contribution in [3.05, 3.63) is 110 Å². The van der Waals surface area contributed by atoms with Crippen LogP contribution in [0, 0.1) is 0 Å². The monoisotopic (exact) mass is 513 g/mol. The molecule has 0 aliphatic rings. The number of aromatic nitrogens is 3. The van der Waals surface area contributed by atoms with Crippen LogP contribution in [0.15, 0.2) is 110 Å². The van der Waals surface area contributed by atoms with E-state index in [4.69, 9.17) is 0 Å². The lowest BCUT2D eigenvalue weighted by atomic mass is 10.1. The molecule has 0 radical (unpaired) electrons. The summed E-state index contributed by atoms with van der Waals surface area (Å²) in [5.74, 6) is 0. The molecule has 0 unspecified atom stereocenters. The van der Waals surface area contributed by atoms with Crippen molar-refractivity contribution in [3.8, 4) is 41.8 Å². The third kappa shape index (κ3) is 3.88. The van der Waals surface area contributed by atoms with Crippen molar-refractivity contribution in [1.29, 1.82) is 0 Å². The SMILES string of the molecule is CCn1c2ccc(-c3ccc(-c4ccncc4)s3)cc2c2cc(-c3ccc(-c4ccncc4)s3)ccc21. The number of pyridine rings is 2. The van der Waals surface area contributed by atoms with E-state index >= 15 is 0 Å². The van der Waals surface area contributed by atoms with Gasteiger partial charge >= 0.3 is 0 Å². The molecular weight excluding hydrogens is 491 g/mol. The quantitative estimate of drug-likeness (QED) is 0.229. The first-order valence-electron chi connectivity index (χ1n) is 12.4. The van der Waals surface area contributed by atoms with Gasteiger partial charge < -0.3 is 4.57 Å². The number of hydrogen-bond donors (Lipinski definition) is 0. The minimum Gasteiger partial charge on any atom is -0.341 e. The maximum Gasteiger partial charge on any atom is 0.0491 e. The molecule has 0 amide bonds. The van der Waals surface area contributed by atoms with Gasteiger partial charge in [0.25, 0.3) is 0 Å². The molecule has 0 N–H and O–H groups in total. The fourth-order valence-corrected chi connectivity index (χ4v) is 7.10. The number of benzene rings is 2. The van der Waals surface area contributed by atoms with Gasteiger partial charge in [-0.15, -0.1) is 22.7 Å². The predicted octanol–water partition coefficient (Wildman–Crippen LogP) is 9.40. The van der Waals surface area contributed by atoms with Crippen molar-refractivity contribution in [1.82, 2.24) is 14.5 Å². The van der Waals surface area contributed by atoms with Gasteiger partial charge in [0.15, 0.2) is 0 Å². The molecule has 7 aromatic rings. The molecule has 178 valence electrons. The van der Waals surface area contributed by atoms with Crippen LogP contribution in [0.2, 0.25) is 0 Å². The topological polar surface area (TPSA) is 30.7 Å². The lowest BCUT2D eigenvalue weighted by molar-refractivity contribution is 0.827. The van der Waals surface area contributed by atoms with Gasteiger partial charge in [-0.3, -0.25) is 9.97 Å². The second-order valence-electron chi connectivity index (χ2n) is 9.01. The maximum absolute atomic E-state index is 4.16. The van der Waals surface area contributed by atoms with Crippen LogP contribution in [0.5, 0.6) is 0 Å². The van der Waals surface area contributed by atoms with E-state index in [1.807, 2.05) is 47.5 Å². The van der Waals surface area contributed by atoms with Gasteiger partial charge in [-0.25, -0.2) is 0 Å². The molecule has 0 spiro atoms. The Hall–Kier alpha value is -4.06. The van der Waals surface area contributed by atoms with E-state index in [2.05, 4.69) is 106 Å². The first-order valence-corrected chi connectivity index (χ1v) is 14.0. The summed E-state index contributed by atoms with van der Waals surface area (Å²) in [6.45, 7) is 3.16. The van der Waals surface area contributed by atoms with Gasteiger partial charge in [0.2, 0.25) is 0 Å². The number of nitrogens with zero attached hydrogens (tertiary/aromatic N) is 3. The Morgan fingerprint density at radius 2 is 0.919 bits per heavy atom. The standard InChI is InChI=1S/C32H23N3S2/c1-2-35-27-5-3-23(31-9-7-29(36-31)21-11-15-33-16-12-21)19-25(27)26-20-24(4-6-28(26)35)32-10-8-30(37-32)22-13-17-34-18-14-22/h3-20H,2H2,1H3. The van der Waals surface area contributed by atoms with E-state index in [0.717, 1.165) is 6.54 Å². The molecule has 0 aliphatic carbocycles. The van der Waals surface area contributed by atoms with E-state index in [-0.39, 0.29) is 0 Å². The predicted molar refractivity (Wildman–Crippen MR) is 158 cm³/mol. The van der Waals surface area contributed by atoms with Gasteiger partial charge in [0, 0.05) is 72.6 Å². The van der Waals surface area contributed by atoms with E-state index < -0.39 is 0 Å². The fourth-order valence-electron chi connectivity index (χ4n) is 5.08. The average Bonchev–Trinajstić information content (AvgIpc) is 3.71. The molecule has 0 atom stereocenters. The van der Waals surface area contributed by atoms with Crippen LogP contribution in [0.4, 0.5) is 0 Å². The van der Waals surface area contributed by atoms with Crippen LogP contribution >= 0.6 is 22.7 Å². The maximum atomic E-state index is 4.16. The summed E-state index contributed by atoms with van der Waals surface area (Å²) in [5.41, 5.74) is 7.51. The lowest BCUT2D eigenvalue weighted by Gasteiger charge is -2.04. The molecule has 0 saturated carbocycles. The van der Waals surface area contributed by atoms with E-state index in [1.54, 1.807) is 0 Å². The normalized spacial score (nSPS) is 11.5. The van der Waals surface area contributed by atoms with E-state index in [0.29, 0.717) is 0 Å². The van der Waals surface area contributed by atoms with Gasteiger partial charge in [0.1, 0.15) is 0 Å². The molecule has 0 bridgehead atoms. The van der Waals surface area contributed by atoms with Crippen LogP contribution in [-0.2, 0) is 6.54 Å². The average molecular weight is 514 g/mol. The van der Waals surface area contributed by atoms with E-state index in [1.165, 1.54) is 63.6 Å². The summed E-state index contributed by atoms with van der Waals surface area (Å²) in [6, 6.07) is 31.0. The molecule has 0 fully saturated rings. The van der Waals surface area contributed by atoms with Crippen molar-refractivity contribution in [2.24, 2.45) is 0 Å². The third-order valence-corrected chi connectivity index (χ3v) is 9.26. The molecule has 5 heteroatoms. The summed E-state index contributed by atoms with van der Waals surface area (Å²) in [4.78, 5) is 13.4. The largest absolute Gasteiger partial charge is 0.341 e. The number of fused-ring (bicyclic) bond motifs is 3. The smallest absolute Gasteiger partial charge is 0.0491 e. The Morgan fingerprint density at radius 1 is 0.514 bits per heavy atom.